The number of amides is 1. The first-order valence-electron chi connectivity index (χ1n) is 8.74. The predicted octanol–water partition coefficient (Wildman–Crippen LogP) is 2.62. The van der Waals surface area contributed by atoms with Crippen LogP contribution in [0.3, 0.4) is 0 Å². The summed E-state index contributed by atoms with van der Waals surface area (Å²) < 4.78 is 5.83. The molecule has 1 amide bonds. The molecule has 1 fully saturated rings. The second kappa shape index (κ2) is 8.10. The van der Waals surface area contributed by atoms with Gasteiger partial charge in [-0.15, -0.1) is 0 Å². The molecule has 2 rings (SSSR count). The Morgan fingerprint density at radius 1 is 1.21 bits per heavy atom. The summed E-state index contributed by atoms with van der Waals surface area (Å²) in [6, 6.07) is 7.97. The van der Waals surface area contributed by atoms with Crippen molar-refractivity contribution in [3.8, 4) is 0 Å². The van der Waals surface area contributed by atoms with Crippen molar-refractivity contribution in [3.05, 3.63) is 29.8 Å². The van der Waals surface area contributed by atoms with Crippen molar-refractivity contribution in [1.29, 1.82) is 0 Å². The zero-order valence-corrected chi connectivity index (χ0v) is 15.6. The van der Waals surface area contributed by atoms with Gasteiger partial charge in [0.15, 0.2) is 0 Å². The van der Waals surface area contributed by atoms with Gasteiger partial charge < -0.3 is 15.4 Å². The lowest BCUT2D eigenvalue weighted by Gasteiger charge is -2.45. The predicted molar refractivity (Wildman–Crippen MR) is 98.1 cm³/mol. The summed E-state index contributed by atoms with van der Waals surface area (Å²) >= 11 is 0. The molecular weight excluding hydrogens is 302 g/mol. The van der Waals surface area contributed by atoms with Crippen LogP contribution in [-0.4, -0.2) is 48.2 Å². The topological polar surface area (TPSA) is 53.6 Å². The molecule has 0 spiro atoms. The lowest BCUT2D eigenvalue weighted by molar-refractivity contribution is -0.114. The number of anilines is 1. The molecule has 1 aromatic rings. The van der Waals surface area contributed by atoms with Crippen LogP contribution < -0.4 is 10.6 Å². The summed E-state index contributed by atoms with van der Waals surface area (Å²) in [7, 11) is 0. The number of hydrogen-bond acceptors (Lipinski definition) is 4. The molecule has 134 valence electrons. The molecule has 0 unspecified atom stereocenters. The number of carbonyl (C=O) groups is 1. The van der Waals surface area contributed by atoms with E-state index in [0.717, 1.165) is 31.9 Å². The molecule has 0 saturated carbocycles. The SMILES string of the molecule is CC(=O)Nc1ccc(CNCC(C)(C)N2C[C@@H](C)O[C@@H](C)C2)cc1. The third-order valence-electron chi connectivity index (χ3n) is 4.44. The third kappa shape index (κ3) is 5.58. The molecule has 1 aliphatic heterocycles. The van der Waals surface area contributed by atoms with Crippen LogP contribution in [0, 0.1) is 0 Å². The highest BCUT2D eigenvalue weighted by Crippen LogP contribution is 2.20. The summed E-state index contributed by atoms with van der Waals surface area (Å²) in [4.78, 5) is 13.6. The van der Waals surface area contributed by atoms with Gasteiger partial charge in [-0.05, 0) is 45.4 Å². The molecule has 1 aromatic carbocycles. The number of benzene rings is 1. The van der Waals surface area contributed by atoms with Crippen LogP contribution in [0.4, 0.5) is 5.69 Å². The minimum absolute atomic E-state index is 0.0448. The number of nitrogens with zero attached hydrogens (tertiary/aromatic N) is 1. The fourth-order valence-corrected chi connectivity index (χ4v) is 3.21. The molecule has 24 heavy (non-hydrogen) atoms. The largest absolute Gasteiger partial charge is 0.373 e. The molecule has 1 saturated heterocycles. The van der Waals surface area contributed by atoms with Crippen LogP contribution in [0.5, 0.6) is 0 Å². The minimum Gasteiger partial charge on any atom is -0.373 e. The molecule has 1 aliphatic rings. The van der Waals surface area contributed by atoms with Gasteiger partial charge in [-0.2, -0.15) is 0 Å². The van der Waals surface area contributed by atoms with Gasteiger partial charge in [0.2, 0.25) is 5.91 Å². The molecule has 5 heteroatoms. The quantitative estimate of drug-likeness (QED) is 0.840. The first kappa shape index (κ1) is 18.9. The highest BCUT2D eigenvalue weighted by molar-refractivity contribution is 5.88. The van der Waals surface area contributed by atoms with E-state index in [0.29, 0.717) is 0 Å². The van der Waals surface area contributed by atoms with E-state index in [1.54, 1.807) is 0 Å². The van der Waals surface area contributed by atoms with Gasteiger partial charge in [0.25, 0.3) is 0 Å². The Bertz CT molecular complexity index is 532. The Balaban J connectivity index is 1.82. The monoisotopic (exact) mass is 333 g/mol. The van der Waals surface area contributed by atoms with Crippen LogP contribution >= 0.6 is 0 Å². The number of ether oxygens (including phenoxy) is 1. The average molecular weight is 333 g/mol. The van der Waals surface area contributed by atoms with Crippen LogP contribution in [0.1, 0.15) is 40.2 Å². The molecule has 0 aliphatic carbocycles. The maximum atomic E-state index is 11.0. The van der Waals surface area contributed by atoms with E-state index in [4.69, 9.17) is 4.74 Å². The van der Waals surface area contributed by atoms with E-state index in [-0.39, 0.29) is 23.7 Å². The van der Waals surface area contributed by atoms with Crippen LogP contribution in [0.2, 0.25) is 0 Å². The smallest absolute Gasteiger partial charge is 0.221 e. The van der Waals surface area contributed by atoms with E-state index in [2.05, 4.69) is 43.2 Å². The van der Waals surface area contributed by atoms with Crippen LogP contribution in [-0.2, 0) is 16.1 Å². The van der Waals surface area contributed by atoms with Gasteiger partial charge in [0.05, 0.1) is 12.2 Å². The van der Waals surface area contributed by atoms with E-state index in [1.165, 1.54) is 12.5 Å². The van der Waals surface area contributed by atoms with E-state index >= 15 is 0 Å². The summed E-state index contributed by atoms with van der Waals surface area (Å²) in [5, 5.41) is 6.35. The Hall–Kier alpha value is -1.43. The number of rotatable bonds is 6. The van der Waals surface area contributed by atoms with E-state index in [1.807, 2.05) is 24.3 Å². The summed E-state index contributed by atoms with van der Waals surface area (Å²) in [6.07, 6.45) is 0.573. The number of morpholine rings is 1. The molecular formula is C19H31N3O2. The van der Waals surface area contributed by atoms with Crippen molar-refractivity contribution in [1.82, 2.24) is 10.2 Å². The fraction of sp³-hybridized carbons (Fsp3) is 0.632. The van der Waals surface area contributed by atoms with Crippen molar-refractivity contribution in [3.63, 3.8) is 0 Å². The second-order valence-corrected chi connectivity index (χ2v) is 7.46. The standard InChI is InChI=1S/C19H31N3O2/c1-14-11-22(12-15(2)24-14)19(4,5)13-20-10-17-6-8-18(9-7-17)21-16(3)23/h6-9,14-15,20H,10-13H2,1-5H3,(H,21,23)/t14-,15+. The van der Waals surface area contributed by atoms with Crippen LogP contribution in [0.25, 0.3) is 0 Å². The molecule has 5 nitrogen and oxygen atoms in total. The maximum absolute atomic E-state index is 11.0. The first-order valence-corrected chi connectivity index (χ1v) is 8.74. The van der Waals surface area contributed by atoms with Crippen molar-refractivity contribution < 1.29 is 9.53 Å². The Morgan fingerprint density at radius 2 is 1.79 bits per heavy atom. The normalized spacial score (nSPS) is 22.4. The van der Waals surface area contributed by atoms with Crippen LogP contribution in [0.15, 0.2) is 24.3 Å². The van der Waals surface area contributed by atoms with Gasteiger partial charge in [-0.25, -0.2) is 0 Å². The third-order valence-corrected chi connectivity index (χ3v) is 4.44. The number of hydrogen-bond donors (Lipinski definition) is 2. The summed E-state index contributed by atoms with van der Waals surface area (Å²) in [6.45, 7) is 14.1. The van der Waals surface area contributed by atoms with Crippen molar-refractivity contribution in [2.75, 3.05) is 25.0 Å². The van der Waals surface area contributed by atoms with E-state index < -0.39 is 0 Å². The minimum atomic E-state index is -0.0448. The second-order valence-electron chi connectivity index (χ2n) is 7.46. The molecule has 0 radical (unpaired) electrons. The molecule has 0 aromatic heterocycles. The van der Waals surface area contributed by atoms with Crippen molar-refractivity contribution in [2.45, 2.75) is 58.9 Å². The zero-order valence-electron chi connectivity index (χ0n) is 15.6. The average Bonchev–Trinajstić information content (AvgIpc) is 2.47. The molecule has 2 atom stereocenters. The Morgan fingerprint density at radius 3 is 2.33 bits per heavy atom. The van der Waals surface area contributed by atoms with Gasteiger partial charge in [0.1, 0.15) is 0 Å². The Kier molecular flexibility index (Phi) is 6.38. The molecule has 1 heterocycles. The van der Waals surface area contributed by atoms with Crippen molar-refractivity contribution in [2.24, 2.45) is 0 Å². The van der Waals surface area contributed by atoms with Gasteiger partial charge >= 0.3 is 0 Å². The zero-order chi connectivity index (χ0) is 17.7. The lowest BCUT2D eigenvalue weighted by atomic mass is 10.00. The van der Waals surface area contributed by atoms with Crippen molar-refractivity contribution >= 4 is 11.6 Å². The highest BCUT2D eigenvalue weighted by Gasteiger charge is 2.32. The van der Waals surface area contributed by atoms with Gasteiger partial charge in [-0.3, -0.25) is 9.69 Å². The maximum Gasteiger partial charge on any atom is 0.221 e. The number of nitrogens with one attached hydrogen (secondary N) is 2. The first-order chi connectivity index (χ1) is 11.3. The van der Waals surface area contributed by atoms with Gasteiger partial charge in [0, 0.05) is 44.3 Å². The molecule has 0 bridgehead atoms. The summed E-state index contributed by atoms with van der Waals surface area (Å²) in [5.74, 6) is -0.0448. The molecule has 2 N–H and O–H groups in total. The summed E-state index contributed by atoms with van der Waals surface area (Å²) in [5.41, 5.74) is 2.13. The van der Waals surface area contributed by atoms with Gasteiger partial charge in [-0.1, -0.05) is 12.1 Å². The highest BCUT2D eigenvalue weighted by atomic mass is 16.5. The number of carbonyl (C=O) groups excluding carboxylic acids is 1. The van der Waals surface area contributed by atoms with E-state index in [9.17, 15) is 4.79 Å². The fourth-order valence-electron chi connectivity index (χ4n) is 3.21. The Labute approximate surface area is 145 Å². The lowest BCUT2D eigenvalue weighted by Crippen LogP contribution is -2.58.